The van der Waals surface area contributed by atoms with E-state index < -0.39 is 11.7 Å². The summed E-state index contributed by atoms with van der Waals surface area (Å²) in [5.41, 5.74) is 13.7. The van der Waals surface area contributed by atoms with E-state index in [9.17, 15) is 9.18 Å². The first-order valence-corrected chi connectivity index (χ1v) is 10.7. The molecule has 0 spiro atoms. The van der Waals surface area contributed by atoms with Crippen LogP contribution in [0.2, 0.25) is 0 Å². The van der Waals surface area contributed by atoms with Crippen molar-refractivity contribution in [2.45, 2.75) is 37.8 Å². The number of nitrogens with zero attached hydrogens (tertiary/aromatic N) is 3. The molecule has 0 unspecified atom stereocenters. The molecule has 0 saturated heterocycles. The number of rotatable bonds is 7. The lowest BCUT2D eigenvalue weighted by atomic mass is 9.91. The van der Waals surface area contributed by atoms with Crippen LogP contribution in [0.15, 0.2) is 42.9 Å². The number of aromatic nitrogens is 3. The van der Waals surface area contributed by atoms with Crippen molar-refractivity contribution < 1.29 is 13.9 Å². The van der Waals surface area contributed by atoms with E-state index in [0.717, 1.165) is 42.9 Å². The zero-order valence-electron chi connectivity index (χ0n) is 18.2. The smallest absolute Gasteiger partial charge is 0.252 e. The molecule has 1 saturated carbocycles. The number of ether oxygens (including phenoxy) is 1. The predicted molar refractivity (Wildman–Crippen MR) is 124 cm³/mol. The molecule has 4 rings (SSSR count). The van der Waals surface area contributed by atoms with Crippen LogP contribution >= 0.6 is 0 Å². The number of nitrogens with two attached hydrogens (primary N) is 2. The predicted octanol–water partition coefficient (Wildman–Crippen LogP) is 3.21. The van der Waals surface area contributed by atoms with Gasteiger partial charge in [-0.1, -0.05) is 12.8 Å². The van der Waals surface area contributed by atoms with Crippen molar-refractivity contribution in [3.63, 3.8) is 0 Å². The summed E-state index contributed by atoms with van der Waals surface area (Å²) in [5, 5.41) is 6.15. The van der Waals surface area contributed by atoms with E-state index in [-0.39, 0.29) is 29.3 Å². The minimum atomic E-state index is -0.798. The number of amides is 1. The van der Waals surface area contributed by atoms with Gasteiger partial charge in [0.1, 0.15) is 5.82 Å². The number of nitrogens with one attached hydrogen (secondary N) is 2. The van der Waals surface area contributed by atoms with Gasteiger partial charge in [-0.05, 0) is 31.0 Å². The molecule has 0 radical (unpaired) electrons. The molecular weight excluding hydrogens is 425 g/mol. The lowest BCUT2D eigenvalue weighted by Crippen LogP contribution is -2.43. The molecule has 172 valence electrons. The third-order valence-electron chi connectivity index (χ3n) is 5.66. The Hall–Kier alpha value is -3.79. The van der Waals surface area contributed by atoms with E-state index in [1.165, 1.54) is 0 Å². The van der Waals surface area contributed by atoms with Crippen molar-refractivity contribution in [2.24, 2.45) is 11.5 Å². The lowest BCUT2D eigenvalue weighted by Gasteiger charge is -2.30. The van der Waals surface area contributed by atoms with Crippen LogP contribution in [-0.2, 0) is 0 Å². The van der Waals surface area contributed by atoms with E-state index in [4.69, 9.17) is 16.2 Å². The SMILES string of the molecule is COc1ccc(-c2cncc(Nc3nc(N[C@H]4CCCC[C@H]4N)c(F)cc3C(N)=O)c2)cn1. The van der Waals surface area contributed by atoms with Crippen LogP contribution in [0.25, 0.3) is 11.1 Å². The number of methoxy groups -OCH3 is 1. The number of pyridine rings is 3. The van der Waals surface area contributed by atoms with Gasteiger partial charge in [0.2, 0.25) is 5.88 Å². The standard InChI is InChI=1S/C23H26FN7O2/c1-33-20-7-6-13(11-28-20)14-8-15(12-27-10-14)29-22-16(21(26)32)9-17(24)23(31-22)30-19-5-3-2-4-18(19)25/h6-12,18-19H,2-5,25H2,1H3,(H2,26,32)(H2,29,30,31)/t18-,19+/m1/s1. The molecular formula is C23H26FN7O2. The molecule has 0 aliphatic heterocycles. The van der Waals surface area contributed by atoms with Crippen molar-refractivity contribution in [3.8, 4) is 17.0 Å². The number of carbonyl (C=O) groups excluding carboxylic acids is 1. The normalized spacial score (nSPS) is 17.9. The van der Waals surface area contributed by atoms with Crippen molar-refractivity contribution in [2.75, 3.05) is 17.7 Å². The topological polar surface area (TPSA) is 141 Å². The first-order valence-electron chi connectivity index (χ1n) is 10.7. The average molecular weight is 452 g/mol. The minimum absolute atomic E-state index is 0.0216. The molecule has 10 heteroatoms. The molecule has 3 aromatic rings. The molecule has 3 heterocycles. The number of carbonyl (C=O) groups is 1. The maximum absolute atomic E-state index is 14.7. The molecule has 0 bridgehead atoms. The molecule has 33 heavy (non-hydrogen) atoms. The fourth-order valence-electron chi connectivity index (χ4n) is 3.86. The number of primary amides is 1. The summed E-state index contributed by atoms with van der Waals surface area (Å²) in [5.74, 6) is -0.812. The van der Waals surface area contributed by atoms with Crippen LogP contribution in [0.1, 0.15) is 36.0 Å². The Labute approximate surface area is 190 Å². The van der Waals surface area contributed by atoms with Crippen LogP contribution in [0.4, 0.5) is 21.7 Å². The average Bonchev–Trinajstić information content (AvgIpc) is 2.82. The van der Waals surface area contributed by atoms with Crippen LogP contribution in [0.5, 0.6) is 5.88 Å². The van der Waals surface area contributed by atoms with Gasteiger partial charge < -0.3 is 26.8 Å². The zero-order chi connectivity index (χ0) is 23.4. The van der Waals surface area contributed by atoms with Gasteiger partial charge >= 0.3 is 0 Å². The third-order valence-corrected chi connectivity index (χ3v) is 5.66. The summed E-state index contributed by atoms with van der Waals surface area (Å²) in [7, 11) is 1.55. The Morgan fingerprint density at radius 2 is 1.94 bits per heavy atom. The molecule has 1 aliphatic rings. The Morgan fingerprint density at radius 3 is 2.64 bits per heavy atom. The monoisotopic (exact) mass is 451 g/mol. The Bertz CT molecular complexity index is 1140. The van der Waals surface area contributed by atoms with Gasteiger partial charge in [-0.2, -0.15) is 0 Å². The largest absolute Gasteiger partial charge is 0.481 e. The first kappa shape index (κ1) is 22.4. The van der Waals surface area contributed by atoms with Crippen molar-refractivity contribution in [1.82, 2.24) is 15.0 Å². The second kappa shape index (κ2) is 9.78. The fraction of sp³-hybridized carbons (Fsp3) is 0.304. The van der Waals surface area contributed by atoms with Gasteiger partial charge in [0.15, 0.2) is 11.6 Å². The van der Waals surface area contributed by atoms with E-state index in [1.54, 1.807) is 31.8 Å². The number of halogens is 1. The Kier molecular flexibility index (Phi) is 6.64. The second-order valence-corrected chi connectivity index (χ2v) is 7.95. The first-order chi connectivity index (χ1) is 15.9. The molecule has 1 aliphatic carbocycles. The summed E-state index contributed by atoms with van der Waals surface area (Å²) < 4.78 is 19.8. The van der Waals surface area contributed by atoms with Gasteiger partial charge in [0, 0.05) is 41.7 Å². The van der Waals surface area contributed by atoms with Crippen molar-refractivity contribution in [3.05, 3.63) is 54.2 Å². The summed E-state index contributed by atoms with van der Waals surface area (Å²) in [6, 6.07) is 6.31. The summed E-state index contributed by atoms with van der Waals surface area (Å²) >= 11 is 0. The van der Waals surface area contributed by atoms with Crippen LogP contribution in [-0.4, -0.2) is 40.1 Å². The highest BCUT2D eigenvalue weighted by Gasteiger charge is 2.24. The molecule has 3 aromatic heterocycles. The molecule has 1 fully saturated rings. The van der Waals surface area contributed by atoms with Gasteiger partial charge in [-0.3, -0.25) is 9.78 Å². The van der Waals surface area contributed by atoms with Crippen LogP contribution < -0.4 is 26.8 Å². The molecule has 6 N–H and O–H groups in total. The highest BCUT2D eigenvalue weighted by molar-refractivity contribution is 5.98. The third kappa shape index (κ3) is 5.17. The van der Waals surface area contributed by atoms with E-state index >= 15 is 0 Å². The molecule has 0 aromatic carbocycles. The maximum Gasteiger partial charge on any atom is 0.252 e. The zero-order valence-corrected chi connectivity index (χ0v) is 18.2. The summed E-state index contributed by atoms with van der Waals surface area (Å²) in [4.78, 5) is 24.7. The Morgan fingerprint density at radius 1 is 1.12 bits per heavy atom. The molecule has 9 nitrogen and oxygen atoms in total. The number of hydrogen-bond acceptors (Lipinski definition) is 8. The van der Waals surface area contributed by atoms with Gasteiger partial charge in [-0.15, -0.1) is 0 Å². The highest BCUT2D eigenvalue weighted by atomic mass is 19.1. The summed E-state index contributed by atoms with van der Waals surface area (Å²) in [6.07, 6.45) is 8.67. The van der Waals surface area contributed by atoms with E-state index in [1.807, 2.05) is 12.1 Å². The molecule has 1 amide bonds. The van der Waals surface area contributed by atoms with Gasteiger partial charge in [0.25, 0.3) is 5.91 Å². The van der Waals surface area contributed by atoms with Crippen LogP contribution in [0, 0.1) is 5.82 Å². The summed E-state index contributed by atoms with van der Waals surface area (Å²) in [6.45, 7) is 0. The number of hydrogen-bond donors (Lipinski definition) is 4. The van der Waals surface area contributed by atoms with E-state index in [0.29, 0.717) is 11.6 Å². The van der Waals surface area contributed by atoms with Crippen LogP contribution in [0.3, 0.4) is 0 Å². The molecule has 2 atom stereocenters. The lowest BCUT2D eigenvalue weighted by molar-refractivity contribution is 0.100. The highest BCUT2D eigenvalue weighted by Crippen LogP contribution is 2.28. The van der Waals surface area contributed by atoms with Gasteiger partial charge in [0.05, 0.1) is 24.6 Å². The van der Waals surface area contributed by atoms with Gasteiger partial charge in [-0.25, -0.2) is 14.4 Å². The maximum atomic E-state index is 14.7. The van der Waals surface area contributed by atoms with E-state index in [2.05, 4.69) is 25.6 Å². The fourth-order valence-corrected chi connectivity index (χ4v) is 3.86. The minimum Gasteiger partial charge on any atom is -0.481 e. The quantitative estimate of drug-likeness (QED) is 0.429. The number of anilines is 3. The Balaban J connectivity index is 1.63. The van der Waals surface area contributed by atoms with Crippen molar-refractivity contribution in [1.29, 1.82) is 0 Å². The van der Waals surface area contributed by atoms with Crippen molar-refractivity contribution >= 4 is 23.2 Å². The second-order valence-electron chi connectivity index (χ2n) is 7.95.